The minimum atomic E-state index is 0.871. The number of hydrogen-bond acceptors (Lipinski definition) is 1. The highest BCUT2D eigenvalue weighted by atomic mass is 16.1. The van der Waals surface area contributed by atoms with E-state index >= 15 is 0 Å². The second-order valence-corrected chi connectivity index (χ2v) is 7.72. The maximum atomic E-state index is 10.1. The van der Waals surface area contributed by atoms with Crippen LogP contribution in [0.2, 0.25) is 0 Å². The van der Waals surface area contributed by atoms with Crippen LogP contribution in [0.15, 0.2) is 12.2 Å². The second kappa shape index (κ2) is 23.4. The molecule has 1 heteroatoms. The summed E-state index contributed by atoms with van der Waals surface area (Å²) in [6.07, 6.45) is 32.6. The lowest BCUT2D eigenvalue weighted by Gasteiger charge is -2.03. The minimum Gasteiger partial charge on any atom is -0.299 e. The first-order chi connectivity index (χ1) is 12.4. The van der Waals surface area contributed by atoms with Crippen molar-refractivity contribution in [2.24, 2.45) is 0 Å². The molecule has 148 valence electrons. The fourth-order valence-corrected chi connectivity index (χ4v) is 3.49. The van der Waals surface area contributed by atoms with E-state index in [0.29, 0.717) is 0 Å². The first kappa shape index (κ1) is 24.4. The SMILES string of the molecule is CCCCCCCCCCCCCCCCCCCCC/C=C\C=O. The van der Waals surface area contributed by atoms with Crippen molar-refractivity contribution in [1.29, 1.82) is 0 Å². The van der Waals surface area contributed by atoms with Gasteiger partial charge in [-0.1, -0.05) is 129 Å². The summed E-state index contributed by atoms with van der Waals surface area (Å²) in [5.74, 6) is 0. The third-order valence-electron chi connectivity index (χ3n) is 5.19. The van der Waals surface area contributed by atoms with Crippen LogP contribution in [-0.4, -0.2) is 6.29 Å². The van der Waals surface area contributed by atoms with Crippen molar-refractivity contribution in [2.45, 2.75) is 135 Å². The molecule has 25 heavy (non-hydrogen) atoms. The van der Waals surface area contributed by atoms with Crippen LogP contribution in [-0.2, 0) is 4.79 Å². The zero-order valence-corrected chi connectivity index (χ0v) is 17.3. The van der Waals surface area contributed by atoms with E-state index < -0.39 is 0 Å². The summed E-state index contributed by atoms with van der Waals surface area (Å²) >= 11 is 0. The molecule has 0 atom stereocenters. The Morgan fingerprint density at radius 3 is 1.12 bits per heavy atom. The van der Waals surface area contributed by atoms with Gasteiger partial charge < -0.3 is 0 Å². The van der Waals surface area contributed by atoms with Crippen molar-refractivity contribution in [3.05, 3.63) is 12.2 Å². The third-order valence-corrected chi connectivity index (χ3v) is 5.19. The Balaban J connectivity index is 2.98. The molecule has 0 aliphatic rings. The molecule has 0 heterocycles. The molecule has 0 rings (SSSR count). The molecule has 0 spiro atoms. The maximum absolute atomic E-state index is 10.1. The smallest absolute Gasteiger partial charge is 0.142 e. The molecule has 0 radical (unpaired) electrons. The topological polar surface area (TPSA) is 17.1 Å². The second-order valence-electron chi connectivity index (χ2n) is 7.72. The Morgan fingerprint density at radius 2 is 0.800 bits per heavy atom. The van der Waals surface area contributed by atoms with E-state index in [1.54, 1.807) is 6.08 Å². The summed E-state index contributed by atoms with van der Waals surface area (Å²) in [7, 11) is 0. The van der Waals surface area contributed by atoms with Gasteiger partial charge in [0, 0.05) is 0 Å². The Hall–Kier alpha value is -0.590. The largest absolute Gasteiger partial charge is 0.299 e. The number of carbonyl (C=O) groups excluding carboxylic acids is 1. The monoisotopic (exact) mass is 350 g/mol. The summed E-state index contributed by atoms with van der Waals surface area (Å²) < 4.78 is 0. The lowest BCUT2D eigenvalue weighted by Crippen LogP contribution is -1.84. The average Bonchev–Trinajstić information content (AvgIpc) is 2.63. The van der Waals surface area contributed by atoms with E-state index in [2.05, 4.69) is 6.92 Å². The molecule has 0 aromatic rings. The normalized spacial score (nSPS) is 11.4. The van der Waals surface area contributed by atoms with Crippen LogP contribution in [0, 0.1) is 0 Å². The molecule has 0 aromatic heterocycles. The predicted octanol–water partition coefficient (Wildman–Crippen LogP) is 8.56. The highest BCUT2D eigenvalue weighted by molar-refractivity contribution is 5.64. The summed E-state index contributed by atoms with van der Waals surface area (Å²) in [5.41, 5.74) is 0. The number of unbranched alkanes of at least 4 members (excludes halogenated alkanes) is 19. The molecular formula is C24H46O. The Kier molecular flexibility index (Phi) is 22.9. The van der Waals surface area contributed by atoms with Gasteiger partial charge in [0.05, 0.1) is 0 Å². The number of aldehydes is 1. The highest BCUT2D eigenvalue weighted by Gasteiger charge is 1.95. The Labute approximate surface area is 159 Å². The predicted molar refractivity (Wildman–Crippen MR) is 113 cm³/mol. The first-order valence-corrected chi connectivity index (χ1v) is 11.5. The van der Waals surface area contributed by atoms with Crippen molar-refractivity contribution in [3.63, 3.8) is 0 Å². The van der Waals surface area contributed by atoms with Crippen LogP contribution in [0.25, 0.3) is 0 Å². The Morgan fingerprint density at radius 1 is 0.480 bits per heavy atom. The van der Waals surface area contributed by atoms with E-state index in [0.717, 1.165) is 12.7 Å². The summed E-state index contributed by atoms with van der Waals surface area (Å²) in [5, 5.41) is 0. The number of carbonyl (C=O) groups is 1. The highest BCUT2D eigenvalue weighted by Crippen LogP contribution is 2.14. The van der Waals surface area contributed by atoms with Crippen LogP contribution < -0.4 is 0 Å². The van der Waals surface area contributed by atoms with Gasteiger partial charge in [-0.15, -0.1) is 0 Å². The van der Waals surface area contributed by atoms with Gasteiger partial charge in [-0.3, -0.25) is 4.79 Å². The van der Waals surface area contributed by atoms with Gasteiger partial charge >= 0.3 is 0 Å². The van der Waals surface area contributed by atoms with Crippen LogP contribution >= 0.6 is 0 Å². The van der Waals surface area contributed by atoms with E-state index in [1.165, 1.54) is 122 Å². The van der Waals surface area contributed by atoms with Gasteiger partial charge in [0.15, 0.2) is 0 Å². The van der Waals surface area contributed by atoms with Crippen molar-refractivity contribution in [1.82, 2.24) is 0 Å². The van der Waals surface area contributed by atoms with Gasteiger partial charge in [0.25, 0.3) is 0 Å². The van der Waals surface area contributed by atoms with Gasteiger partial charge in [-0.05, 0) is 18.9 Å². The van der Waals surface area contributed by atoms with E-state index in [-0.39, 0.29) is 0 Å². The summed E-state index contributed by atoms with van der Waals surface area (Å²) in [4.78, 5) is 10.1. The lowest BCUT2D eigenvalue weighted by atomic mass is 10.0. The molecule has 0 saturated heterocycles. The molecule has 0 unspecified atom stereocenters. The number of allylic oxidation sites excluding steroid dienone is 2. The average molecular weight is 351 g/mol. The summed E-state index contributed by atoms with van der Waals surface area (Å²) in [6.45, 7) is 2.29. The van der Waals surface area contributed by atoms with Gasteiger partial charge in [-0.2, -0.15) is 0 Å². The van der Waals surface area contributed by atoms with E-state index in [9.17, 15) is 4.79 Å². The minimum absolute atomic E-state index is 0.871. The fourth-order valence-electron chi connectivity index (χ4n) is 3.49. The number of hydrogen-bond donors (Lipinski definition) is 0. The maximum Gasteiger partial charge on any atom is 0.142 e. The molecule has 0 aliphatic heterocycles. The Bertz CT molecular complexity index is 269. The molecule has 0 fully saturated rings. The standard InChI is InChI=1S/C24H46O/c1-2-3-4-5-6-7-8-9-10-11-12-13-14-15-16-17-18-19-20-21-22-23-24-25/h22-24H,2-21H2,1H3/b23-22-. The quantitative estimate of drug-likeness (QED) is 0.115. The molecule has 0 amide bonds. The lowest BCUT2D eigenvalue weighted by molar-refractivity contribution is -0.104. The zero-order valence-electron chi connectivity index (χ0n) is 17.3. The van der Waals surface area contributed by atoms with Crippen molar-refractivity contribution in [2.75, 3.05) is 0 Å². The molecule has 0 saturated carbocycles. The van der Waals surface area contributed by atoms with E-state index in [1.807, 2.05) is 6.08 Å². The van der Waals surface area contributed by atoms with Crippen LogP contribution in [0.4, 0.5) is 0 Å². The van der Waals surface area contributed by atoms with Crippen molar-refractivity contribution < 1.29 is 4.79 Å². The summed E-state index contributed by atoms with van der Waals surface area (Å²) in [6, 6.07) is 0. The fraction of sp³-hybridized carbons (Fsp3) is 0.875. The number of rotatable bonds is 21. The third kappa shape index (κ3) is 23.4. The van der Waals surface area contributed by atoms with Crippen LogP contribution in [0.5, 0.6) is 0 Å². The van der Waals surface area contributed by atoms with Gasteiger partial charge in [0.1, 0.15) is 6.29 Å². The molecular weight excluding hydrogens is 304 g/mol. The van der Waals surface area contributed by atoms with Crippen LogP contribution in [0.1, 0.15) is 135 Å². The zero-order chi connectivity index (χ0) is 18.3. The molecule has 0 bridgehead atoms. The first-order valence-electron chi connectivity index (χ1n) is 11.5. The molecule has 0 N–H and O–H groups in total. The van der Waals surface area contributed by atoms with Crippen molar-refractivity contribution >= 4 is 6.29 Å². The van der Waals surface area contributed by atoms with Gasteiger partial charge in [0.2, 0.25) is 0 Å². The molecule has 0 aromatic carbocycles. The van der Waals surface area contributed by atoms with Gasteiger partial charge in [-0.25, -0.2) is 0 Å². The van der Waals surface area contributed by atoms with E-state index in [4.69, 9.17) is 0 Å². The van der Waals surface area contributed by atoms with Crippen molar-refractivity contribution in [3.8, 4) is 0 Å². The van der Waals surface area contributed by atoms with Crippen LogP contribution in [0.3, 0.4) is 0 Å². The molecule has 1 nitrogen and oxygen atoms in total. The molecule has 0 aliphatic carbocycles.